The van der Waals surface area contributed by atoms with Gasteiger partial charge in [-0.15, -0.1) is 0 Å². The molecule has 1 fully saturated rings. The minimum atomic E-state index is -0.252. The van der Waals surface area contributed by atoms with Gasteiger partial charge in [0, 0.05) is 14.1 Å². The molecular weight excluding hydrogens is 298 g/mol. The van der Waals surface area contributed by atoms with Gasteiger partial charge in [0.25, 0.3) is 5.91 Å². The fourth-order valence-corrected chi connectivity index (χ4v) is 2.29. The van der Waals surface area contributed by atoms with Crippen molar-refractivity contribution in [2.45, 2.75) is 12.1 Å². The molecule has 1 aliphatic heterocycles. The van der Waals surface area contributed by atoms with Crippen LogP contribution >= 0.6 is 0 Å². The molecular formula is C15H19N5O3. The van der Waals surface area contributed by atoms with Crippen LogP contribution in [0.3, 0.4) is 0 Å². The number of aromatic amines is 1. The first-order chi connectivity index (χ1) is 11.1. The largest absolute Gasteiger partial charge is 0.482 e. The van der Waals surface area contributed by atoms with Crippen LogP contribution in [0, 0.1) is 0 Å². The Morgan fingerprint density at radius 2 is 2.26 bits per heavy atom. The maximum atomic E-state index is 12.3. The number of carbonyl (C=O) groups excluding carboxylic acids is 1. The topological polar surface area (TPSA) is 92.4 Å². The fourth-order valence-electron chi connectivity index (χ4n) is 2.29. The molecule has 1 amide bonds. The van der Waals surface area contributed by atoms with Gasteiger partial charge in [0.15, 0.2) is 5.75 Å². The number of nitrogens with zero attached hydrogens (tertiary/aromatic N) is 3. The molecule has 1 saturated heterocycles. The Labute approximate surface area is 133 Å². The highest BCUT2D eigenvalue weighted by Gasteiger charge is 2.32. The second-order valence-corrected chi connectivity index (χ2v) is 5.50. The third kappa shape index (κ3) is 3.59. The molecule has 3 heterocycles. The highest BCUT2D eigenvalue weighted by Crippen LogP contribution is 2.16. The Bertz CT molecular complexity index is 642. The maximum Gasteiger partial charge on any atom is 0.270 e. The van der Waals surface area contributed by atoms with Gasteiger partial charge < -0.3 is 19.7 Å². The number of hydrogen-bond acceptors (Lipinski definition) is 6. The van der Waals surface area contributed by atoms with Crippen LogP contribution in [0.5, 0.6) is 5.75 Å². The summed E-state index contributed by atoms with van der Waals surface area (Å²) in [6.07, 6.45) is 4.65. The van der Waals surface area contributed by atoms with Crippen molar-refractivity contribution in [1.82, 2.24) is 20.5 Å². The maximum absolute atomic E-state index is 12.3. The van der Waals surface area contributed by atoms with E-state index in [2.05, 4.69) is 20.5 Å². The molecule has 8 nitrogen and oxygen atoms in total. The van der Waals surface area contributed by atoms with E-state index in [1.54, 1.807) is 24.7 Å². The van der Waals surface area contributed by atoms with Crippen LogP contribution in [0.2, 0.25) is 0 Å². The van der Waals surface area contributed by atoms with E-state index in [9.17, 15) is 4.79 Å². The first-order valence-electron chi connectivity index (χ1n) is 7.31. The average Bonchev–Trinajstić information content (AvgIpc) is 3.20. The third-order valence-corrected chi connectivity index (χ3v) is 3.60. The van der Waals surface area contributed by atoms with Crippen LogP contribution in [-0.4, -0.2) is 60.5 Å². The summed E-state index contributed by atoms with van der Waals surface area (Å²) in [5, 5.41) is 9.42. The van der Waals surface area contributed by atoms with Gasteiger partial charge in [-0.2, -0.15) is 5.10 Å². The summed E-state index contributed by atoms with van der Waals surface area (Å²) in [6.45, 7) is 0.827. The lowest BCUT2D eigenvalue weighted by Crippen LogP contribution is -2.45. The molecule has 2 aromatic rings. The highest BCUT2D eigenvalue weighted by atomic mass is 16.5. The number of aromatic nitrogens is 3. The summed E-state index contributed by atoms with van der Waals surface area (Å²) in [5.41, 5.74) is 1.30. The number of nitrogens with one attached hydrogen (secondary N) is 2. The van der Waals surface area contributed by atoms with E-state index >= 15 is 0 Å². The zero-order valence-electron chi connectivity index (χ0n) is 13.0. The Balaban J connectivity index is 1.62. The van der Waals surface area contributed by atoms with Gasteiger partial charge in [0.2, 0.25) is 0 Å². The zero-order valence-corrected chi connectivity index (χ0v) is 13.0. The number of hydrogen-bond donors (Lipinski definition) is 2. The van der Waals surface area contributed by atoms with Crippen LogP contribution in [0.1, 0.15) is 10.5 Å². The minimum Gasteiger partial charge on any atom is -0.482 e. The predicted molar refractivity (Wildman–Crippen MR) is 83.6 cm³/mol. The summed E-state index contributed by atoms with van der Waals surface area (Å²) in [4.78, 5) is 18.4. The van der Waals surface area contributed by atoms with Gasteiger partial charge in [-0.25, -0.2) is 4.98 Å². The second-order valence-electron chi connectivity index (χ2n) is 5.50. The number of carbonyl (C=O) groups is 1. The van der Waals surface area contributed by atoms with Crippen molar-refractivity contribution in [3.8, 4) is 5.75 Å². The Kier molecular flexibility index (Phi) is 4.42. The molecule has 23 heavy (non-hydrogen) atoms. The number of ether oxygens (including phenoxy) is 2. The molecule has 1 aliphatic rings. The zero-order chi connectivity index (χ0) is 16.2. The highest BCUT2D eigenvalue weighted by molar-refractivity contribution is 5.92. The lowest BCUT2D eigenvalue weighted by molar-refractivity contribution is 0.0899. The lowest BCUT2D eigenvalue weighted by Gasteiger charge is -2.19. The summed E-state index contributed by atoms with van der Waals surface area (Å²) < 4.78 is 11.2. The van der Waals surface area contributed by atoms with Crippen molar-refractivity contribution in [1.29, 1.82) is 0 Å². The van der Waals surface area contributed by atoms with Crippen molar-refractivity contribution in [3.05, 3.63) is 36.4 Å². The first kappa shape index (κ1) is 15.3. The van der Waals surface area contributed by atoms with Gasteiger partial charge in [0.05, 0.1) is 43.5 Å². The van der Waals surface area contributed by atoms with E-state index in [-0.39, 0.29) is 18.1 Å². The number of rotatable bonds is 5. The molecule has 0 spiro atoms. The molecule has 3 rings (SSSR count). The Morgan fingerprint density at radius 1 is 1.39 bits per heavy atom. The summed E-state index contributed by atoms with van der Waals surface area (Å²) in [5.74, 6) is 0.375. The van der Waals surface area contributed by atoms with Gasteiger partial charge in [-0.1, -0.05) is 0 Å². The Hall–Kier alpha value is -2.61. The van der Waals surface area contributed by atoms with E-state index < -0.39 is 0 Å². The van der Waals surface area contributed by atoms with Crippen LogP contribution in [0.4, 0.5) is 5.69 Å². The van der Waals surface area contributed by atoms with Crippen LogP contribution in [0.25, 0.3) is 0 Å². The molecule has 2 aromatic heterocycles. The fraction of sp³-hybridized carbons (Fsp3) is 0.400. The monoisotopic (exact) mass is 317 g/mol. The van der Waals surface area contributed by atoms with Gasteiger partial charge in [-0.3, -0.25) is 9.89 Å². The average molecular weight is 317 g/mol. The SMILES string of the molecule is CN(C)c1ccc(C(=O)N[C@H]2COC[C@H]2Oc2cn[nH]c2)nc1. The van der Waals surface area contributed by atoms with E-state index in [1.807, 2.05) is 25.1 Å². The summed E-state index contributed by atoms with van der Waals surface area (Å²) in [6, 6.07) is 3.33. The number of H-pyrrole nitrogens is 1. The van der Waals surface area contributed by atoms with Crippen molar-refractivity contribution in [2.75, 3.05) is 32.2 Å². The van der Waals surface area contributed by atoms with Crippen LogP contribution < -0.4 is 15.0 Å². The molecule has 0 aromatic carbocycles. The second kappa shape index (κ2) is 6.66. The van der Waals surface area contributed by atoms with Crippen molar-refractivity contribution in [3.63, 3.8) is 0 Å². The third-order valence-electron chi connectivity index (χ3n) is 3.60. The predicted octanol–water partition coefficient (Wildman–Crippen LogP) is 0.447. The molecule has 0 unspecified atom stereocenters. The van der Waals surface area contributed by atoms with Gasteiger partial charge in [-0.05, 0) is 12.1 Å². The van der Waals surface area contributed by atoms with Gasteiger partial charge in [0.1, 0.15) is 11.8 Å². The van der Waals surface area contributed by atoms with E-state index in [1.165, 1.54) is 0 Å². The number of anilines is 1. The standard InChI is InChI=1S/C15H19N5O3/c1-20(2)10-3-4-12(16-5-10)15(21)19-13-8-22-9-14(13)23-11-6-17-18-7-11/h3-7,13-14H,8-9H2,1-2H3,(H,17,18)(H,19,21)/t13-,14+/m0/s1. The van der Waals surface area contributed by atoms with Crippen molar-refractivity contribution in [2.24, 2.45) is 0 Å². The molecule has 0 saturated carbocycles. The van der Waals surface area contributed by atoms with Crippen LogP contribution in [-0.2, 0) is 4.74 Å². The molecule has 0 aliphatic carbocycles. The molecule has 122 valence electrons. The quantitative estimate of drug-likeness (QED) is 0.832. The number of amides is 1. The van der Waals surface area contributed by atoms with Crippen molar-refractivity contribution >= 4 is 11.6 Å². The summed E-state index contributed by atoms with van der Waals surface area (Å²) in [7, 11) is 3.84. The number of pyridine rings is 1. The van der Waals surface area contributed by atoms with E-state index in [0.717, 1.165) is 5.69 Å². The normalized spacial score (nSPS) is 20.3. The molecule has 0 radical (unpaired) electrons. The summed E-state index contributed by atoms with van der Waals surface area (Å²) >= 11 is 0. The minimum absolute atomic E-state index is 0.229. The Morgan fingerprint density at radius 3 is 2.91 bits per heavy atom. The molecule has 2 atom stereocenters. The molecule has 2 N–H and O–H groups in total. The van der Waals surface area contributed by atoms with Gasteiger partial charge >= 0.3 is 0 Å². The van der Waals surface area contributed by atoms with E-state index in [0.29, 0.717) is 24.7 Å². The lowest BCUT2D eigenvalue weighted by atomic mass is 10.2. The molecule has 8 heteroatoms. The van der Waals surface area contributed by atoms with Crippen LogP contribution in [0.15, 0.2) is 30.7 Å². The van der Waals surface area contributed by atoms with E-state index in [4.69, 9.17) is 9.47 Å². The smallest absolute Gasteiger partial charge is 0.270 e. The first-order valence-corrected chi connectivity index (χ1v) is 7.31. The van der Waals surface area contributed by atoms with Crippen molar-refractivity contribution < 1.29 is 14.3 Å². The molecule has 0 bridgehead atoms.